The van der Waals surface area contributed by atoms with Crippen molar-refractivity contribution in [1.29, 1.82) is 0 Å². The summed E-state index contributed by atoms with van der Waals surface area (Å²) in [6.07, 6.45) is 0. The molecule has 29 heavy (non-hydrogen) atoms. The number of rotatable bonds is 6. The number of carbonyl (C=O) groups is 1. The van der Waals surface area contributed by atoms with Crippen molar-refractivity contribution < 1.29 is 19.1 Å². The molecular formula is C24H33O4Si. The summed E-state index contributed by atoms with van der Waals surface area (Å²) in [6.45, 7) is 17.1. The molecule has 5 heteroatoms. The minimum atomic E-state index is -1.07. The molecule has 0 saturated carbocycles. The molecule has 0 fully saturated rings. The SMILES string of the molecule is C[Si](C)Oc1cc(C(=O)O)c(OCc2ccccc2)c(C(C)(C)C)c1C(C)(C)C. The van der Waals surface area contributed by atoms with Crippen molar-refractivity contribution in [2.75, 3.05) is 0 Å². The predicted molar refractivity (Wildman–Crippen MR) is 120 cm³/mol. The van der Waals surface area contributed by atoms with E-state index >= 15 is 0 Å². The number of aromatic carboxylic acids is 1. The normalized spacial score (nSPS) is 12.2. The summed E-state index contributed by atoms with van der Waals surface area (Å²) in [4.78, 5) is 12.2. The quantitative estimate of drug-likeness (QED) is 0.574. The number of benzene rings is 2. The van der Waals surface area contributed by atoms with E-state index in [9.17, 15) is 9.90 Å². The zero-order chi connectivity index (χ0) is 22.0. The Hall–Kier alpha value is -2.27. The first kappa shape index (κ1) is 23.0. The maximum absolute atomic E-state index is 12.2. The summed E-state index contributed by atoms with van der Waals surface area (Å²) in [6, 6.07) is 11.4. The van der Waals surface area contributed by atoms with Crippen LogP contribution in [-0.4, -0.2) is 20.1 Å². The molecule has 1 radical (unpaired) electrons. The van der Waals surface area contributed by atoms with Crippen LogP contribution >= 0.6 is 0 Å². The first-order chi connectivity index (χ1) is 13.3. The summed E-state index contributed by atoms with van der Waals surface area (Å²) in [5, 5.41) is 9.98. The van der Waals surface area contributed by atoms with Crippen LogP contribution in [0.4, 0.5) is 0 Å². The molecule has 0 heterocycles. The molecule has 0 aliphatic rings. The van der Waals surface area contributed by atoms with Gasteiger partial charge in [0.1, 0.15) is 23.7 Å². The number of hydrogen-bond acceptors (Lipinski definition) is 3. The lowest BCUT2D eigenvalue weighted by molar-refractivity contribution is 0.0690. The molecule has 4 nitrogen and oxygen atoms in total. The molecule has 0 aromatic heterocycles. The van der Waals surface area contributed by atoms with Gasteiger partial charge in [0.15, 0.2) is 0 Å². The van der Waals surface area contributed by atoms with Gasteiger partial charge in [-0.3, -0.25) is 0 Å². The van der Waals surface area contributed by atoms with Gasteiger partial charge in [-0.2, -0.15) is 0 Å². The smallest absolute Gasteiger partial charge is 0.339 e. The van der Waals surface area contributed by atoms with E-state index in [0.29, 0.717) is 18.1 Å². The Labute approximate surface area is 176 Å². The zero-order valence-electron chi connectivity index (χ0n) is 18.8. The van der Waals surface area contributed by atoms with Gasteiger partial charge in [0.05, 0.1) is 0 Å². The predicted octanol–water partition coefficient (Wildman–Crippen LogP) is 6.19. The van der Waals surface area contributed by atoms with Gasteiger partial charge in [-0.15, -0.1) is 0 Å². The second-order valence-corrected chi connectivity index (χ2v) is 11.6. The van der Waals surface area contributed by atoms with Crippen LogP contribution in [0.15, 0.2) is 36.4 Å². The van der Waals surface area contributed by atoms with Crippen LogP contribution < -0.4 is 9.16 Å². The van der Waals surface area contributed by atoms with E-state index in [2.05, 4.69) is 41.5 Å². The number of carboxylic acid groups (broad SMARTS) is 1. The van der Waals surface area contributed by atoms with E-state index < -0.39 is 15.0 Å². The lowest BCUT2D eigenvalue weighted by atomic mass is 9.73. The highest BCUT2D eigenvalue weighted by atomic mass is 28.3. The van der Waals surface area contributed by atoms with Crippen molar-refractivity contribution in [2.24, 2.45) is 0 Å². The second-order valence-electron chi connectivity index (χ2n) is 9.59. The van der Waals surface area contributed by atoms with Crippen LogP contribution in [0, 0.1) is 0 Å². The minimum absolute atomic E-state index is 0.150. The lowest BCUT2D eigenvalue weighted by Crippen LogP contribution is -2.27. The van der Waals surface area contributed by atoms with Gasteiger partial charge in [-0.25, -0.2) is 4.79 Å². The van der Waals surface area contributed by atoms with E-state index in [1.807, 2.05) is 43.4 Å². The fourth-order valence-corrected chi connectivity index (χ4v) is 4.04. The van der Waals surface area contributed by atoms with Gasteiger partial charge in [-0.05, 0) is 35.6 Å². The maximum atomic E-state index is 12.2. The molecule has 0 saturated heterocycles. The van der Waals surface area contributed by atoms with E-state index in [4.69, 9.17) is 9.16 Å². The minimum Gasteiger partial charge on any atom is -0.542 e. The van der Waals surface area contributed by atoms with Crippen molar-refractivity contribution >= 4 is 15.0 Å². The summed E-state index contributed by atoms with van der Waals surface area (Å²) in [5.41, 5.74) is 2.50. The highest BCUT2D eigenvalue weighted by Crippen LogP contribution is 2.47. The Morgan fingerprint density at radius 2 is 1.52 bits per heavy atom. The highest BCUT2D eigenvalue weighted by Gasteiger charge is 2.35. The first-order valence-electron chi connectivity index (χ1n) is 9.92. The molecule has 0 spiro atoms. The fourth-order valence-electron chi connectivity index (χ4n) is 3.44. The van der Waals surface area contributed by atoms with E-state index in [-0.39, 0.29) is 16.4 Å². The summed E-state index contributed by atoms with van der Waals surface area (Å²) in [5.74, 6) is 0.0859. The average Bonchev–Trinajstić information content (AvgIpc) is 2.58. The van der Waals surface area contributed by atoms with Crippen LogP contribution in [0.1, 0.15) is 68.6 Å². The molecule has 0 unspecified atom stereocenters. The third kappa shape index (κ3) is 5.63. The Morgan fingerprint density at radius 3 is 1.97 bits per heavy atom. The highest BCUT2D eigenvalue weighted by molar-refractivity contribution is 6.49. The molecule has 2 aromatic carbocycles. The Balaban J connectivity index is 2.79. The molecule has 0 bridgehead atoms. The van der Waals surface area contributed by atoms with Crippen LogP contribution in [0.5, 0.6) is 11.5 Å². The van der Waals surface area contributed by atoms with Crippen LogP contribution in [0.3, 0.4) is 0 Å². The Morgan fingerprint density at radius 1 is 0.966 bits per heavy atom. The Kier molecular flexibility index (Phi) is 6.84. The molecule has 2 aromatic rings. The van der Waals surface area contributed by atoms with Gasteiger partial charge >= 0.3 is 5.97 Å². The van der Waals surface area contributed by atoms with Gasteiger partial charge in [0.25, 0.3) is 9.04 Å². The van der Waals surface area contributed by atoms with Crippen molar-refractivity contribution in [3.8, 4) is 11.5 Å². The molecule has 0 aliphatic heterocycles. The van der Waals surface area contributed by atoms with Crippen LogP contribution in [0.25, 0.3) is 0 Å². The van der Waals surface area contributed by atoms with Gasteiger partial charge in [0.2, 0.25) is 0 Å². The molecule has 1 N–H and O–H groups in total. The molecule has 0 aliphatic carbocycles. The zero-order valence-corrected chi connectivity index (χ0v) is 19.8. The monoisotopic (exact) mass is 413 g/mol. The van der Waals surface area contributed by atoms with E-state index in [0.717, 1.165) is 16.7 Å². The number of ether oxygens (including phenoxy) is 1. The van der Waals surface area contributed by atoms with Gasteiger partial charge in [-0.1, -0.05) is 71.9 Å². The third-order valence-corrected chi connectivity index (χ3v) is 5.14. The molecule has 2 rings (SSSR count). The van der Waals surface area contributed by atoms with Crippen molar-refractivity contribution in [2.45, 2.75) is 72.1 Å². The lowest BCUT2D eigenvalue weighted by Gasteiger charge is -2.35. The van der Waals surface area contributed by atoms with Gasteiger partial charge < -0.3 is 14.3 Å². The molecule has 0 atom stereocenters. The van der Waals surface area contributed by atoms with Crippen molar-refractivity contribution in [1.82, 2.24) is 0 Å². The topological polar surface area (TPSA) is 55.8 Å². The van der Waals surface area contributed by atoms with Crippen LogP contribution in [-0.2, 0) is 17.4 Å². The van der Waals surface area contributed by atoms with E-state index in [1.54, 1.807) is 6.07 Å². The Bertz CT molecular complexity index is 859. The van der Waals surface area contributed by atoms with E-state index in [1.165, 1.54) is 0 Å². The first-order valence-corrected chi connectivity index (χ1v) is 12.3. The van der Waals surface area contributed by atoms with Crippen molar-refractivity contribution in [3.63, 3.8) is 0 Å². The summed E-state index contributed by atoms with van der Waals surface area (Å²) >= 11 is 0. The number of hydrogen-bond donors (Lipinski definition) is 1. The molecule has 157 valence electrons. The fraction of sp³-hybridized carbons (Fsp3) is 0.458. The number of carboxylic acids is 1. The molecule has 0 amide bonds. The molecular weight excluding hydrogens is 380 g/mol. The van der Waals surface area contributed by atoms with Gasteiger partial charge in [0, 0.05) is 11.1 Å². The average molecular weight is 414 g/mol. The summed E-state index contributed by atoms with van der Waals surface area (Å²) < 4.78 is 12.4. The standard InChI is InChI=1S/C24H33O4Si/c1-23(2,3)19-18(28-29(7)8)14-17(22(25)26)21(20(19)24(4,5)6)27-15-16-12-10-9-11-13-16/h9-14H,15H2,1-8H3,(H,25,26). The largest absolute Gasteiger partial charge is 0.542 e. The van der Waals surface area contributed by atoms with Crippen molar-refractivity contribution in [3.05, 3.63) is 58.7 Å². The second kappa shape index (κ2) is 8.62. The maximum Gasteiger partial charge on any atom is 0.339 e. The third-order valence-electron chi connectivity index (χ3n) is 4.51. The summed E-state index contributed by atoms with van der Waals surface area (Å²) in [7, 11) is -1.07. The van der Waals surface area contributed by atoms with Crippen LogP contribution in [0.2, 0.25) is 13.1 Å².